The van der Waals surface area contributed by atoms with Crippen LogP contribution in [0.25, 0.3) is 33.4 Å². The minimum Gasteiger partial charge on any atom is -0.622 e. The number of benzene rings is 4. The van der Waals surface area contributed by atoms with Gasteiger partial charge in [-0.05, 0) is 96.4 Å². The van der Waals surface area contributed by atoms with Crippen LogP contribution in [0.15, 0.2) is 84.9 Å². The summed E-state index contributed by atoms with van der Waals surface area (Å²) in [5.41, 5.74) is 28.3. The number of hydroxylamine groups is 1. The number of anilines is 1. The molecule has 0 amide bonds. The van der Waals surface area contributed by atoms with Crippen LogP contribution in [0.5, 0.6) is 0 Å². The van der Waals surface area contributed by atoms with Crippen LogP contribution in [0.3, 0.4) is 0 Å². The van der Waals surface area contributed by atoms with Gasteiger partial charge in [0, 0.05) is 44.0 Å². The normalized spacial score (nSPS) is 16.2. The van der Waals surface area contributed by atoms with E-state index in [1.807, 2.05) is 19.1 Å². The van der Waals surface area contributed by atoms with Crippen LogP contribution in [0.4, 0.5) is 17.1 Å². The molecule has 42 heavy (non-hydrogen) atoms. The van der Waals surface area contributed by atoms with Gasteiger partial charge in [0.25, 0.3) is 0 Å². The molecular formula is C36H45N5O. The monoisotopic (exact) mass is 563 g/mol. The van der Waals surface area contributed by atoms with Crippen molar-refractivity contribution in [3.05, 3.63) is 95.7 Å². The van der Waals surface area contributed by atoms with Gasteiger partial charge in [0.2, 0.25) is 0 Å². The molecular weight excluding hydrogens is 518 g/mol. The fourth-order valence-corrected chi connectivity index (χ4v) is 6.53. The van der Waals surface area contributed by atoms with Crippen LogP contribution >= 0.6 is 0 Å². The van der Waals surface area contributed by atoms with Crippen molar-refractivity contribution in [2.45, 2.75) is 39.0 Å². The zero-order valence-electron chi connectivity index (χ0n) is 25.1. The van der Waals surface area contributed by atoms with Crippen LogP contribution in [0.2, 0.25) is 0 Å². The molecule has 6 nitrogen and oxygen atoms in total. The molecule has 220 valence electrons. The van der Waals surface area contributed by atoms with Crippen LogP contribution in [0, 0.1) is 5.21 Å². The molecule has 0 fully saturated rings. The van der Waals surface area contributed by atoms with Crippen molar-refractivity contribution in [3.8, 4) is 33.4 Å². The third kappa shape index (κ3) is 5.74. The van der Waals surface area contributed by atoms with E-state index in [-0.39, 0.29) is 0 Å². The molecule has 1 aliphatic rings. The van der Waals surface area contributed by atoms with Crippen molar-refractivity contribution in [2.75, 3.05) is 44.2 Å². The highest BCUT2D eigenvalue weighted by molar-refractivity contribution is 5.98. The van der Waals surface area contributed by atoms with Crippen LogP contribution in [-0.2, 0) is 0 Å². The summed E-state index contributed by atoms with van der Waals surface area (Å²) in [4.78, 5) is 2.22. The van der Waals surface area contributed by atoms with Gasteiger partial charge in [-0.2, -0.15) is 0 Å². The fourth-order valence-electron chi connectivity index (χ4n) is 6.53. The molecule has 0 radical (unpaired) electrons. The van der Waals surface area contributed by atoms with Gasteiger partial charge in [0.05, 0.1) is 17.7 Å². The molecule has 2 atom stereocenters. The predicted molar refractivity (Wildman–Crippen MR) is 180 cm³/mol. The molecule has 0 saturated heterocycles. The fraction of sp³-hybridized carbons (Fsp3) is 0.333. The molecule has 6 N–H and O–H groups in total. The Morgan fingerprint density at radius 3 is 1.79 bits per heavy atom. The number of rotatable bonds is 13. The van der Waals surface area contributed by atoms with Crippen molar-refractivity contribution in [3.63, 3.8) is 0 Å². The smallest absolute Gasteiger partial charge is 0.146 e. The maximum Gasteiger partial charge on any atom is 0.146 e. The molecule has 0 spiro atoms. The molecule has 0 aliphatic carbocycles. The van der Waals surface area contributed by atoms with Crippen molar-refractivity contribution < 1.29 is 0 Å². The zero-order chi connectivity index (χ0) is 29.7. The molecule has 6 heteroatoms. The summed E-state index contributed by atoms with van der Waals surface area (Å²) < 4.78 is -0.443. The summed E-state index contributed by atoms with van der Waals surface area (Å²) in [6.45, 7) is 7.96. The zero-order valence-corrected chi connectivity index (χ0v) is 25.1. The lowest BCUT2D eigenvalue weighted by atomic mass is 9.89. The Labute approximate surface area is 250 Å². The standard InChI is InChI=1S/C36H45N5O/c1-3-7-26(16-17-37)27-8-5-9-28(22-27)30-12-14-35-33(24-30)34-25-31(13-15-36(34)41(35,42)4-2)29-10-6-11-32(23-29)40(20-18-38)21-19-39/h5-6,8-15,22-26H,3-4,7,16-21,37-39H2,1-2H3. The Hall–Kier alpha value is -3.52. The van der Waals surface area contributed by atoms with E-state index in [4.69, 9.17) is 17.2 Å². The van der Waals surface area contributed by atoms with Gasteiger partial charge >= 0.3 is 0 Å². The summed E-state index contributed by atoms with van der Waals surface area (Å²) in [5, 5.41) is 14.3. The number of quaternary nitrogens is 1. The van der Waals surface area contributed by atoms with E-state index in [2.05, 4.69) is 84.6 Å². The van der Waals surface area contributed by atoms with Gasteiger partial charge in [-0.3, -0.25) is 4.65 Å². The summed E-state index contributed by atoms with van der Waals surface area (Å²) in [6, 6.07) is 30.0. The van der Waals surface area contributed by atoms with Crippen LogP contribution < -0.4 is 26.7 Å². The third-order valence-electron chi connectivity index (χ3n) is 8.69. The molecule has 0 bridgehead atoms. The number of nitrogens with zero attached hydrogens (tertiary/aromatic N) is 2. The molecule has 2 unspecified atom stereocenters. The van der Waals surface area contributed by atoms with Gasteiger partial charge < -0.3 is 27.3 Å². The number of hydrogen-bond acceptors (Lipinski definition) is 5. The third-order valence-corrected chi connectivity index (χ3v) is 8.69. The minimum absolute atomic E-state index is 0.439. The average Bonchev–Trinajstić information content (AvgIpc) is 3.28. The van der Waals surface area contributed by atoms with Crippen molar-refractivity contribution in [1.82, 2.24) is 4.65 Å². The first-order valence-corrected chi connectivity index (χ1v) is 15.4. The van der Waals surface area contributed by atoms with E-state index in [0.717, 1.165) is 77.2 Å². The lowest BCUT2D eigenvalue weighted by molar-refractivity contribution is 0.546. The Morgan fingerprint density at radius 2 is 1.24 bits per heavy atom. The summed E-state index contributed by atoms with van der Waals surface area (Å²) in [6.07, 6.45) is 3.25. The van der Waals surface area contributed by atoms with Crippen molar-refractivity contribution >= 4 is 17.1 Å². The second kappa shape index (κ2) is 13.2. The summed E-state index contributed by atoms with van der Waals surface area (Å²) in [7, 11) is 0. The second-order valence-corrected chi connectivity index (χ2v) is 11.3. The van der Waals surface area contributed by atoms with Crippen LogP contribution in [0.1, 0.15) is 44.6 Å². The van der Waals surface area contributed by atoms with E-state index in [9.17, 15) is 5.21 Å². The molecule has 4 aromatic rings. The summed E-state index contributed by atoms with van der Waals surface area (Å²) in [5.74, 6) is 0.463. The van der Waals surface area contributed by atoms with Gasteiger partial charge in [0.1, 0.15) is 11.4 Å². The number of fused-ring (bicyclic) bond motifs is 3. The molecule has 0 aromatic heterocycles. The van der Waals surface area contributed by atoms with E-state index in [1.54, 1.807) is 0 Å². The molecule has 1 aliphatic heterocycles. The molecule has 0 saturated carbocycles. The Morgan fingerprint density at radius 1 is 0.667 bits per heavy atom. The largest absolute Gasteiger partial charge is 0.622 e. The first-order chi connectivity index (χ1) is 20.5. The lowest BCUT2D eigenvalue weighted by Crippen LogP contribution is -2.35. The highest BCUT2D eigenvalue weighted by Gasteiger charge is 2.36. The van der Waals surface area contributed by atoms with E-state index in [0.29, 0.717) is 32.1 Å². The maximum absolute atomic E-state index is 14.3. The quantitative estimate of drug-likeness (QED) is 0.119. The first-order valence-electron chi connectivity index (χ1n) is 15.4. The minimum atomic E-state index is -0.443. The highest BCUT2D eigenvalue weighted by Crippen LogP contribution is 2.54. The number of hydrogen-bond donors (Lipinski definition) is 3. The summed E-state index contributed by atoms with van der Waals surface area (Å²) >= 11 is 0. The second-order valence-electron chi connectivity index (χ2n) is 11.3. The number of nitrogens with two attached hydrogens (primary N) is 3. The van der Waals surface area contributed by atoms with Gasteiger partial charge in [0.15, 0.2) is 0 Å². The topological polar surface area (TPSA) is 104 Å². The van der Waals surface area contributed by atoms with Crippen LogP contribution in [-0.4, -0.2) is 39.3 Å². The van der Waals surface area contributed by atoms with Gasteiger partial charge in [-0.25, -0.2) is 0 Å². The Kier molecular flexibility index (Phi) is 9.41. The molecule has 5 rings (SSSR count). The van der Waals surface area contributed by atoms with E-state index in [1.165, 1.54) is 11.1 Å². The highest BCUT2D eigenvalue weighted by atomic mass is 16.5. The van der Waals surface area contributed by atoms with E-state index >= 15 is 0 Å². The maximum atomic E-state index is 14.3. The first kappa shape index (κ1) is 30.0. The van der Waals surface area contributed by atoms with Crippen molar-refractivity contribution in [2.24, 2.45) is 17.2 Å². The predicted octanol–water partition coefficient (Wildman–Crippen LogP) is 7.11. The lowest BCUT2D eigenvalue weighted by Gasteiger charge is -2.38. The van der Waals surface area contributed by atoms with E-state index < -0.39 is 4.65 Å². The SMILES string of the molecule is CCCC(CCN)c1cccc(-c2ccc3c(c2)-c2cc(-c4cccc(N(CCN)CCN)c4)ccc2[N+]3([O-])CC)c1. The van der Waals surface area contributed by atoms with Crippen molar-refractivity contribution in [1.29, 1.82) is 0 Å². The average molecular weight is 564 g/mol. The van der Waals surface area contributed by atoms with Gasteiger partial charge in [-0.15, -0.1) is 0 Å². The Balaban J connectivity index is 1.57. The Bertz CT molecular complexity index is 1400. The van der Waals surface area contributed by atoms with Gasteiger partial charge in [-0.1, -0.05) is 49.7 Å². The molecule has 1 heterocycles. The molecule has 4 aromatic carbocycles.